The lowest BCUT2D eigenvalue weighted by Gasteiger charge is -2.35. The fraction of sp³-hybridized carbons (Fsp3) is 0.842. The lowest BCUT2D eigenvalue weighted by Crippen LogP contribution is -2.44. The van der Waals surface area contributed by atoms with Gasteiger partial charge in [0.15, 0.2) is 5.41 Å². The molecule has 0 N–H and O–H groups in total. The summed E-state index contributed by atoms with van der Waals surface area (Å²) in [4.78, 5) is 35.5. The van der Waals surface area contributed by atoms with Crippen molar-refractivity contribution in [3.05, 3.63) is 0 Å². The monoisotopic (exact) mass is 338 g/mol. The minimum absolute atomic E-state index is 0.417. The molecule has 2 rings (SSSR count). The summed E-state index contributed by atoms with van der Waals surface area (Å²) in [6.07, 6.45) is 9.92. The SMILES string of the molecule is COC(=O)C1(C(=O)OC)CCC(CCCC2CCC(=O)CC2)CC1. The van der Waals surface area contributed by atoms with Crippen LogP contribution < -0.4 is 0 Å². The van der Waals surface area contributed by atoms with E-state index in [0.29, 0.717) is 30.5 Å². The number of methoxy groups -OCH3 is 2. The summed E-state index contributed by atoms with van der Waals surface area (Å²) in [5, 5.41) is 0. The van der Waals surface area contributed by atoms with Crippen LogP contribution >= 0.6 is 0 Å². The molecule has 2 fully saturated rings. The Morgan fingerprint density at radius 2 is 1.38 bits per heavy atom. The molecule has 0 aromatic rings. The first-order valence-corrected chi connectivity index (χ1v) is 9.20. The van der Waals surface area contributed by atoms with Gasteiger partial charge in [0.2, 0.25) is 0 Å². The summed E-state index contributed by atoms with van der Waals surface area (Å²) in [6.45, 7) is 0. The molecule has 5 heteroatoms. The molecule has 0 atom stereocenters. The molecule has 0 radical (unpaired) electrons. The van der Waals surface area contributed by atoms with Crippen molar-refractivity contribution in [2.45, 2.75) is 70.6 Å². The van der Waals surface area contributed by atoms with Crippen molar-refractivity contribution in [2.24, 2.45) is 17.3 Å². The highest BCUT2D eigenvalue weighted by molar-refractivity contribution is 6.00. The topological polar surface area (TPSA) is 69.7 Å². The molecule has 5 nitrogen and oxygen atoms in total. The van der Waals surface area contributed by atoms with Crippen LogP contribution in [0.4, 0.5) is 0 Å². The lowest BCUT2D eigenvalue weighted by atomic mass is 9.69. The number of ether oxygens (including phenoxy) is 2. The number of carbonyl (C=O) groups excluding carboxylic acids is 3. The number of esters is 2. The Labute approximate surface area is 144 Å². The molecule has 0 heterocycles. The highest BCUT2D eigenvalue weighted by atomic mass is 16.5. The van der Waals surface area contributed by atoms with Crippen LogP contribution in [-0.4, -0.2) is 31.9 Å². The Bertz CT molecular complexity index is 434. The molecule has 136 valence electrons. The number of carbonyl (C=O) groups is 3. The van der Waals surface area contributed by atoms with E-state index in [-0.39, 0.29) is 0 Å². The van der Waals surface area contributed by atoms with E-state index in [1.54, 1.807) is 0 Å². The second kappa shape index (κ2) is 8.63. The Hall–Kier alpha value is -1.39. The molecule has 0 unspecified atom stereocenters. The van der Waals surface area contributed by atoms with Gasteiger partial charge in [-0.1, -0.05) is 19.3 Å². The van der Waals surface area contributed by atoms with Crippen LogP contribution in [0.5, 0.6) is 0 Å². The third-order valence-corrected chi connectivity index (χ3v) is 6.00. The third-order valence-electron chi connectivity index (χ3n) is 6.00. The standard InChI is InChI=1S/C19H30O5/c1-23-17(21)19(18(22)24-2)12-10-15(11-13-19)5-3-4-14-6-8-16(20)9-7-14/h14-15H,3-13H2,1-2H3. The average Bonchev–Trinajstić information content (AvgIpc) is 2.62. The minimum Gasteiger partial charge on any atom is -0.468 e. The van der Waals surface area contributed by atoms with Crippen LogP contribution in [-0.2, 0) is 23.9 Å². The summed E-state index contributed by atoms with van der Waals surface area (Å²) in [6, 6.07) is 0. The minimum atomic E-state index is -1.09. The summed E-state index contributed by atoms with van der Waals surface area (Å²) < 4.78 is 9.71. The van der Waals surface area contributed by atoms with Crippen molar-refractivity contribution < 1.29 is 23.9 Å². The Morgan fingerprint density at radius 3 is 1.83 bits per heavy atom. The number of hydrogen-bond acceptors (Lipinski definition) is 5. The summed E-state index contributed by atoms with van der Waals surface area (Å²) in [5.41, 5.74) is -1.09. The number of ketones is 1. The van der Waals surface area contributed by atoms with Crippen LogP contribution in [0.15, 0.2) is 0 Å². The summed E-state index contributed by atoms with van der Waals surface area (Å²) in [7, 11) is 2.65. The molecule has 0 spiro atoms. The van der Waals surface area contributed by atoms with Crippen molar-refractivity contribution in [1.82, 2.24) is 0 Å². The van der Waals surface area contributed by atoms with E-state index in [0.717, 1.165) is 44.9 Å². The second-order valence-corrected chi connectivity index (χ2v) is 7.42. The van der Waals surface area contributed by atoms with Crippen LogP contribution in [0.3, 0.4) is 0 Å². The molecule has 24 heavy (non-hydrogen) atoms. The zero-order chi connectivity index (χ0) is 17.6. The Morgan fingerprint density at radius 1 is 0.917 bits per heavy atom. The molecule has 0 aromatic carbocycles. The maximum absolute atomic E-state index is 12.1. The Kier molecular flexibility index (Phi) is 6.81. The fourth-order valence-corrected chi connectivity index (χ4v) is 4.32. The molecule has 0 aliphatic heterocycles. The van der Waals surface area contributed by atoms with E-state index < -0.39 is 17.4 Å². The molecule has 0 saturated heterocycles. The first kappa shape index (κ1) is 18.9. The van der Waals surface area contributed by atoms with Gasteiger partial charge in [-0.25, -0.2) is 0 Å². The van der Waals surface area contributed by atoms with Crippen LogP contribution in [0.25, 0.3) is 0 Å². The van der Waals surface area contributed by atoms with Crippen molar-refractivity contribution in [3.63, 3.8) is 0 Å². The number of Topliss-reactive ketones (excluding diaryl/α,β-unsaturated/α-hetero) is 1. The smallest absolute Gasteiger partial charge is 0.323 e. The van der Waals surface area contributed by atoms with Gasteiger partial charge in [-0.2, -0.15) is 0 Å². The molecule has 2 saturated carbocycles. The van der Waals surface area contributed by atoms with Gasteiger partial charge in [-0.3, -0.25) is 14.4 Å². The van der Waals surface area contributed by atoms with Crippen LogP contribution in [0.1, 0.15) is 70.6 Å². The van der Waals surface area contributed by atoms with Gasteiger partial charge in [-0.15, -0.1) is 0 Å². The summed E-state index contributed by atoms with van der Waals surface area (Å²) >= 11 is 0. The average molecular weight is 338 g/mol. The Balaban J connectivity index is 1.76. The van der Waals surface area contributed by atoms with E-state index in [1.807, 2.05) is 0 Å². The first-order valence-electron chi connectivity index (χ1n) is 9.20. The first-order chi connectivity index (χ1) is 11.5. The third kappa shape index (κ3) is 4.37. The van der Waals surface area contributed by atoms with Gasteiger partial charge < -0.3 is 9.47 Å². The van der Waals surface area contributed by atoms with Gasteiger partial charge in [0.05, 0.1) is 14.2 Å². The lowest BCUT2D eigenvalue weighted by molar-refractivity contribution is -0.172. The van der Waals surface area contributed by atoms with Crippen LogP contribution in [0.2, 0.25) is 0 Å². The molecule has 0 amide bonds. The fourth-order valence-electron chi connectivity index (χ4n) is 4.32. The highest BCUT2D eigenvalue weighted by Crippen LogP contribution is 2.42. The van der Waals surface area contributed by atoms with Gasteiger partial charge in [0.1, 0.15) is 5.78 Å². The number of rotatable bonds is 6. The normalized spacial score (nSPS) is 22.2. The largest absolute Gasteiger partial charge is 0.468 e. The number of hydrogen-bond donors (Lipinski definition) is 0. The molecule has 0 bridgehead atoms. The maximum Gasteiger partial charge on any atom is 0.323 e. The van der Waals surface area contributed by atoms with Crippen molar-refractivity contribution >= 4 is 17.7 Å². The van der Waals surface area contributed by atoms with E-state index in [2.05, 4.69) is 0 Å². The van der Waals surface area contributed by atoms with Crippen LogP contribution in [0, 0.1) is 17.3 Å². The van der Waals surface area contributed by atoms with E-state index >= 15 is 0 Å². The molecule has 0 aromatic heterocycles. The van der Waals surface area contributed by atoms with Gasteiger partial charge in [0, 0.05) is 12.8 Å². The van der Waals surface area contributed by atoms with Crippen molar-refractivity contribution in [3.8, 4) is 0 Å². The summed E-state index contributed by atoms with van der Waals surface area (Å²) in [5.74, 6) is 0.771. The van der Waals surface area contributed by atoms with E-state index in [4.69, 9.17) is 9.47 Å². The zero-order valence-corrected chi connectivity index (χ0v) is 15.0. The predicted molar refractivity (Wildman–Crippen MR) is 89.2 cm³/mol. The van der Waals surface area contributed by atoms with E-state index in [9.17, 15) is 14.4 Å². The highest BCUT2D eigenvalue weighted by Gasteiger charge is 2.50. The molecular weight excluding hydrogens is 308 g/mol. The van der Waals surface area contributed by atoms with Gasteiger partial charge in [-0.05, 0) is 50.4 Å². The van der Waals surface area contributed by atoms with Gasteiger partial charge >= 0.3 is 11.9 Å². The van der Waals surface area contributed by atoms with Gasteiger partial charge in [0.25, 0.3) is 0 Å². The molecular formula is C19H30O5. The second-order valence-electron chi connectivity index (χ2n) is 7.42. The zero-order valence-electron chi connectivity index (χ0n) is 15.0. The van der Waals surface area contributed by atoms with E-state index in [1.165, 1.54) is 27.1 Å². The van der Waals surface area contributed by atoms with Crippen molar-refractivity contribution in [2.75, 3.05) is 14.2 Å². The molecule has 2 aliphatic carbocycles. The molecule has 2 aliphatic rings. The maximum atomic E-state index is 12.1. The van der Waals surface area contributed by atoms with Crippen molar-refractivity contribution in [1.29, 1.82) is 0 Å². The quantitative estimate of drug-likeness (QED) is 0.548. The predicted octanol–water partition coefficient (Wildman–Crippen LogP) is 3.44.